The molecule has 39 heavy (non-hydrogen) atoms. The lowest BCUT2D eigenvalue weighted by molar-refractivity contribution is -0.128. The molecule has 3 fully saturated rings. The quantitative estimate of drug-likeness (QED) is 0.582. The summed E-state index contributed by atoms with van der Waals surface area (Å²) in [6.07, 6.45) is 2.19. The van der Waals surface area contributed by atoms with Crippen LogP contribution in [0, 0.1) is 11.2 Å². The van der Waals surface area contributed by atoms with Gasteiger partial charge in [-0.2, -0.15) is 0 Å². The molecule has 6 rings (SSSR count). The fourth-order valence-corrected chi connectivity index (χ4v) is 7.11. The van der Waals surface area contributed by atoms with Gasteiger partial charge in [-0.1, -0.05) is 24.2 Å². The van der Waals surface area contributed by atoms with E-state index in [1.165, 1.54) is 24.3 Å². The van der Waals surface area contributed by atoms with Crippen molar-refractivity contribution in [1.29, 1.82) is 0 Å². The number of phenols is 1. The van der Waals surface area contributed by atoms with Gasteiger partial charge in [0.25, 0.3) is 5.91 Å². The Kier molecular flexibility index (Phi) is 6.22. The fourth-order valence-electron chi connectivity index (χ4n) is 6.83. The van der Waals surface area contributed by atoms with Gasteiger partial charge in [0.05, 0.1) is 11.6 Å². The number of carbonyl (C=O) groups excluding carboxylic acids is 2. The minimum atomic E-state index is -0.683. The first kappa shape index (κ1) is 25.9. The number of phenolic OH excluding ortho intramolecular Hbond substituents is 1. The van der Waals surface area contributed by atoms with E-state index in [-0.39, 0.29) is 63.2 Å². The first-order valence-electron chi connectivity index (χ1n) is 13.1. The van der Waals surface area contributed by atoms with Crippen LogP contribution in [-0.4, -0.2) is 102 Å². The van der Waals surface area contributed by atoms with Crippen molar-refractivity contribution >= 4 is 29.2 Å². The van der Waals surface area contributed by atoms with Crippen LogP contribution in [0.25, 0.3) is 11.3 Å². The molecule has 9 nitrogen and oxygen atoms in total. The molecule has 1 spiro atoms. The predicted octanol–water partition coefficient (Wildman–Crippen LogP) is 3.01. The van der Waals surface area contributed by atoms with Crippen LogP contribution in [0.2, 0.25) is 5.02 Å². The Bertz CT molecular complexity index is 1360. The second-order valence-electron chi connectivity index (χ2n) is 11.2. The molecule has 4 aliphatic heterocycles. The topological polar surface area (TPSA) is 89.5 Å². The van der Waals surface area contributed by atoms with E-state index in [2.05, 4.69) is 30.4 Å². The number of halogens is 2. The molecule has 0 bridgehead atoms. The van der Waals surface area contributed by atoms with E-state index in [9.17, 15) is 14.7 Å². The highest BCUT2D eigenvalue weighted by atomic mass is 35.5. The number of likely N-dealkylation sites (tertiary alicyclic amines) is 1. The molecule has 3 saturated heterocycles. The normalized spacial score (nSPS) is 24.1. The molecule has 0 saturated carbocycles. The lowest BCUT2D eigenvalue weighted by Crippen LogP contribution is -2.57. The molecule has 5 heterocycles. The van der Waals surface area contributed by atoms with E-state index in [4.69, 9.17) is 21.3 Å². The minimum Gasteiger partial charge on any atom is -0.507 e. The van der Waals surface area contributed by atoms with Gasteiger partial charge in [-0.05, 0) is 38.6 Å². The summed E-state index contributed by atoms with van der Waals surface area (Å²) in [6, 6.07) is 3.66. The zero-order valence-electron chi connectivity index (χ0n) is 22.0. The third kappa shape index (κ3) is 4.12. The summed E-state index contributed by atoms with van der Waals surface area (Å²) in [7, 11) is 2.08. The number of hydrogen-bond acceptors (Lipinski definition) is 7. The number of hydrogen-bond donors (Lipinski definition) is 1. The number of amides is 2. The smallest absolute Gasteiger partial charge is 0.261 e. The molecule has 11 heteroatoms. The molecule has 4 aliphatic rings. The maximum atomic E-state index is 15.1. The average Bonchev–Trinajstić information content (AvgIpc) is 3.15. The molecule has 0 aliphatic carbocycles. The van der Waals surface area contributed by atoms with Crippen molar-refractivity contribution in [3.8, 4) is 22.8 Å². The Morgan fingerprint density at radius 1 is 1.26 bits per heavy atom. The summed E-state index contributed by atoms with van der Waals surface area (Å²) < 4.78 is 21.3. The number of piperazine rings is 1. The first-order chi connectivity index (χ1) is 18.6. The number of benzene rings is 1. The molecular weight excluding hydrogens is 525 g/mol. The van der Waals surface area contributed by atoms with Crippen molar-refractivity contribution < 1.29 is 23.8 Å². The number of anilines is 1. The van der Waals surface area contributed by atoms with Gasteiger partial charge in [-0.15, -0.1) is 0 Å². The predicted molar refractivity (Wildman–Crippen MR) is 145 cm³/mol. The minimum absolute atomic E-state index is 0.0241. The third-order valence-electron chi connectivity index (χ3n) is 8.42. The highest BCUT2D eigenvalue weighted by molar-refractivity contribution is 6.35. The van der Waals surface area contributed by atoms with Gasteiger partial charge in [0.1, 0.15) is 40.3 Å². The number of rotatable bonds is 3. The summed E-state index contributed by atoms with van der Waals surface area (Å²) in [5, 5.41) is 10.6. The van der Waals surface area contributed by atoms with E-state index < -0.39 is 11.9 Å². The van der Waals surface area contributed by atoms with Crippen LogP contribution in [-0.2, 0) is 4.79 Å². The van der Waals surface area contributed by atoms with Gasteiger partial charge < -0.3 is 29.4 Å². The molecule has 0 radical (unpaired) electrons. The molecule has 206 valence electrons. The van der Waals surface area contributed by atoms with E-state index in [0.717, 1.165) is 19.5 Å². The van der Waals surface area contributed by atoms with Crippen molar-refractivity contribution in [2.75, 3.05) is 57.8 Å². The second-order valence-corrected chi connectivity index (χ2v) is 11.6. The lowest BCUT2D eigenvalue weighted by atomic mass is 9.78. The molecule has 1 aromatic heterocycles. The van der Waals surface area contributed by atoms with Crippen LogP contribution in [0.15, 0.2) is 30.9 Å². The maximum absolute atomic E-state index is 15.1. The molecule has 2 amide bonds. The standard InChI is InChI=1S/C28H31ClFN5O4/c1-4-20(37)33-8-9-34-17(11-33)12-39-25-22(27(34)38)26(35-15-28(10-16(35)2)13-32(3)14-28)31-24(23(25)29)21-18(30)6-5-7-19(21)36/h4-7,16-17,36H,1,8-15H2,2-3H3/t16?,17-/m1/s1. The number of carbonyl (C=O) groups is 2. The van der Waals surface area contributed by atoms with Crippen LogP contribution < -0.4 is 9.64 Å². The highest BCUT2D eigenvalue weighted by Gasteiger charge is 2.51. The van der Waals surface area contributed by atoms with Crippen LogP contribution >= 0.6 is 11.6 Å². The summed E-state index contributed by atoms with van der Waals surface area (Å²) in [6.45, 7) is 9.31. The maximum Gasteiger partial charge on any atom is 0.261 e. The Morgan fingerprint density at radius 2 is 2.03 bits per heavy atom. The summed E-state index contributed by atoms with van der Waals surface area (Å²) in [4.78, 5) is 39.0. The monoisotopic (exact) mass is 555 g/mol. The van der Waals surface area contributed by atoms with Crippen molar-refractivity contribution in [2.24, 2.45) is 5.41 Å². The van der Waals surface area contributed by atoms with Gasteiger partial charge in [0.2, 0.25) is 5.91 Å². The van der Waals surface area contributed by atoms with Crippen LogP contribution in [0.3, 0.4) is 0 Å². The third-order valence-corrected chi connectivity index (χ3v) is 8.77. The highest BCUT2D eigenvalue weighted by Crippen LogP contribution is 2.49. The van der Waals surface area contributed by atoms with Crippen LogP contribution in [0.5, 0.6) is 11.5 Å². The number of aromatic nitrogens is 1. The first-order valence-corrected chi connectivity index (χ1v) is 13.5. The van der Waals surface area contributed by atoms with Crippen LogP contribution in [0.4, 0.5) is 10.2 Å². The van der Waals surface area contributed by atoms with Crippen molar-refractivity contribution in [3.63, 3.8) is 0 Å². The van der Waals surface area contributed by atoms with E-state index in [0.29, 0.717) is 32.0 Å². The second kappa shape index (κ2) is 9.38. The Labute approximate surface area is 231 Å². The van der Waals surface area contributed by atoms with Crippen molar-refractivity contribution in [2.45, 2.75) is 25.4 Å². The molecule has 1 N–H and O–H groups in total. The number of nitrogens with zero attached hydrogens (tertiary/aromatic N) is 5. The Morgan fingerprint density at radius 3 is 2.72 bits per heavy atom. The summed E-state index contributed by atoms with van der Waals surface area (Å²) in [5.41, 5.74) is 0.201. The van der Waals surface area contributed by atoms with E-state index >= 15 is 4.39 Å². The van der Waals surface area contributed by atoms with E-state index in [1.807, 2.05) is 0 Å². The summed E-state index contributed by atoms with van der Waals surface area (Å²) in [5.74, 6) is -0.981. The number of pyridine rings is 1. The van der Waals surface area contributed by atoms with Gasteiger partial charge in [0.15, 0.2) is 5.75 Å². The molecular formula is C28H31ClFN5O4. The Hall–Kier alpha value is -3.37. The largest absolute Gasteiger partial charge is 0.507 e. The molecule has 2 aromatic rings. The van der Waals surface area contributed by atoms with Gasteiger partial charge in [-0.3, -0.25) is 9.59 Å². The lowest BCUT2D eigenvalue weighted by Gasteiger charge is -2.46. The average molecular weight is 556 g/mol. The van der Waals surface area contributed by atoms with Gasteiger partial charge in [-0.25, -0.2) is 9.37 Å². The van der Waals surface area contributed by atoms with Crippen molar-refractivity contribution in [3.05, 3.63) is 47.3 Å². The van der Waals surface area contributed by atoms with Gasteiger partial charge in [0, 0.05) is 50.7 Å². The van der Waals surface area contributed by atoms with Crippen LogP contribution in [0.1, 0.15) is 23.7 Å². The summed E-state index contributed by atoms with van der Waals surface area (Å²) >= 11 is 6.83. The van der Waals surface area contributed by atoms with E-state index in [1.54, 1.807) is 9.80 Å². The number of fused-ring (bicyclic) bond motifs is 2. The molecule has 1 aromatic carbocycles. The Balaban J connectivity index is 1.49. The zero-order chi connectivity index (χ0) is 27.6. The zero-order valence-corrected chi connectivity index (χ0v) is 22.7. The van der Waals surface area contributed by atoms with Gasteiger partial charge >= 0.3 is 0 Å². The van der Waals surface area contributed by atoms with Crippen molar-refractivity contribution in [1.82, 2.24) is 19.7 Å². The fraction of sp³-hybridized carbons (Fsp3) is 0.464. The molecule has 1 unspecified atom stereocenters. The number of aromatic hydroxyl groups is 1. The SMILES string of the molecule is C=CC(=O)N1CCN2C(=O)c3c(N4CC5(CC4C)CN(C)C5)nc(-c4c(O)cccc4F)c(Cl)c3OC[C@H]2C1. The molecule has 2 atom stereocenters. The number of ether oxygens (including phenoxy) is 1.